The van der Waals surface area contributed by atoms with E-state index in [9.17, 15) is 9.59 Å². The number of carbonyl (C=O) groups is 2. The zero-order chi connectivity index (χ0) is 11.8. The Hall–Kier alpha value is -1.52. The van der Waals surface area contributed by atoms with E-state index in [0.29, 0.717) is 6.42 Å². The molecule has 0 rings (SSSR count). The highest BCUT2D eigenvalue weighted by Crippen LogP contribution is 2.04. The van der Waals surface area contributed by atoms with Crippen LogP contribution in [-0.4, -0.2) is 24.6 Å². The van der Waals surface area contributed by atoms with Gasteiger partial charge in [-0.15, -0.1) is 0 Å². The maximum absolute atomic E-state index is 11.1. The van der Waals surface area contributed by atoms with Crippen LogP contribution in [0.2, 0.25) is 0 Å². The smallest absolute Gasteiger partial charge is 0.408 e. The molecular formula is C10H18N2O3. The molecule has 0 radical (unpaired) electrons. The van der Waals surface area contributed by atoms with E-state index in [4.69, 9.17) is 5.73 Å². The summed E-state index contributed by atoms with van der Waals surface area (Å²) < 4.78 is 4.68. The number of hydrogen-bond acceptors (Lipinski definition) is 3. The fourth-order valence-electron chi connectivity index (χ4n) is 1.04. The SMILES string of the molecule is C=CCOC(=O)NC(CC(C)C)C(N)=O. The van der Waals surface area contributed by atoms with Gasteiger partial charge in [-0.2, -0.15) is 0 Å². The first-order chi connectivity index (χ1) is 6.97. The van der Waals surface area contributed by atoms with Gasteiger partial charge in [0.2, 0.25) is 5.91 Å². The van der Waals surface area contributed by atoms with Crippen LogP contribution in [0.25, 0.3) is 0 Å². The molecule has 0 aromatic heterocycles. The van der Waals surface area contributed by atoms with Crippen LogP contribution in [0, 0.1) is 5.92 Å². The van der Waals surface area contributed by atoms with Crippen LogP contribution in [0.1, 0.15) is 20.3 Å². The van der Waals surface area contributed by atoms with Gasteiger partial charge in [-0.25, -0.2) is 4.79 Å². The number of primary amides is 1. The molecular weight excluding hydrogens is 196 g/mol. The highest BCUT2D eigenvalue weighted by Gasteiger charge is 2.19. The van der Waals surface area contributed by atoms with Crippen molar-refractivity contribution in [1.82, 2.24) is 5.32 Å². The highest BCUT2D eigenvalue weighted by molar-refractivity contribution is 5.84. The quantitative estimate of drug-likeness (QED) is 0.641. The third-order valence-corrected chi connectivity index (χ3v) is 1.67. The number of nitrogens with one attached hydrogen (secondary N) is 1. The third kappa shape index (κ3) is 6.54. The van der Waals surface area contributed by atoms with Crippen LogP contribution in [0.15, 0.2) is 12.7 Å². The number of carbonyl (C=O) groups excluding carboxylic acids is 2. The molecule has 0 aliphatic heterocycles. The van der Waals surface area contributed by atoms with Crippen molar-refractivity contribution >= 4 is 12.0 Å². The summed E-state index contributed by atoms with van der Waals surface area (Å²) in [7, 11) is 0. The van der Waals surface area contributed by atoms with Crippen LogP contribution in [0.3, 0.4) is 0 Å². The minimum atomic E-state index is -0.678. The van der Waals surface area contributed by atoms with Gasteiger partial charge in [0.25, 0.3) is 0 Å². The van der Waals surface area contributed by atoms with E-state index in [2.05, 4.69) is 16.6 Å². The van der Waals surface area contributed by atoms with E-state index in [-0.39, 0.29) is 12.5 Å². The minimum absolute atomic E-state index is 0.110. The number of amides is 2. The maximum Gasteiger partial charge on any atom is 0.408 e. The monoisotopic (exact) mass is 214 g/mol. The first kappa shape index (κ1) is 13.5. The average molecular weight is 214 g/mol. The summed E-state index contributed by atoms with van der Waals surface area (Å²) in [5, 5.41) is 2.40. The van der Waals surface area contributed by atoms with Crippen LogP contribution < -0.4 is 11.1 Å². The van der Waals surface area contributed by atoms with Gasteiger partial charge in [0.15, 0.2) is 0 Å². The van der Waals surface area contributed by atoms with Crippen LogP contribution in [-0.2, 0) is 9.53 Å². The van der Waals surface area contributed by atoms with E-state index >= 15 is 0 Å². The second kappa shape index (κ2) is 6.86. The molecule has 15 heavy (non-hydrogen) atoms. The van der Waals surface area contributed by atoms with Crippen molar-refractivity contribution in [1.29, 1.82) is 0 Å². The standard InChI is InChI=1S/C10H18N2O3/c1-4-5-15-10(14)12-8(9(11)13)6-7(2)3/h4,7-8H,1,5-6H2,2-3H3,(H2,11,13)(H,12,14). The summed E-state index contributed by atoms with van der Waals surface area (Å²) >= 11 is 0. The molecule has 3 N–H and O–H groups in total. The lowest BCUT2D eigenvalue weighted by molar-refractivity contribution is -0.120. The number of nitrogens with two attached hydrogens (primary N) is 1. The molecule has 1 unspecified atom stereocenters. The van der Waals surface area contributed by atoms with Crippen molar-refractivity contribution in [3.63, 3.8) is 0 Å². The number of ether oxygens (including phenoxy) is 1. The van der Waals surface area contributed by atoms with Gasteiger partial charge in [0, 0.05) is 0 Å². The Balaban J connectivity index is 4.10. The molecule has 0 heterocycles. The zero-order valence-corrected chi connectivity index (χ0v) is 9.16. The van der Waals surface area contributed by atoms with Crippen molar-refractivity contribution in [2.45, 2.75) is 26.3 Å². The van der Waals surface area contributed by atoms with E-state index in [1.54, 1.807) is 0 Å². The van der Waals surface area contributed by atoms with Crippen molar-refractivity contribution in [2.24, 2.45) is 11.7 Å². The third-order valence-electron chi connectivity index (χ3n) is 1.67. The Morgan fingerprint density at radius 3 is 2.53 bits per heavy atom. The molecule has 0 aliphatic rings. The van der Waals surface area contributed by atoms with Gasteiger partial charge in [0.1, 0.15) is 12.6 Å². The molecule has 0 aromatic rings. The molecule has 0 fully saturated rings. The van der Waals surface area contributed by atoms with Crippen LogP contribution in [0.5, 0.6) is 0 Å². The van der Waals surface area contributed by atoms with Gasteiger partial charge in [-0.1, -0.05) is 26.5 Å². The zero-order valence-electron chi connectivity index (χ0n) is 9.16. The van der Waals surface area contributed by atoms with Crippen molar-refractivity contribution in [2.75, 3.05) is 6.61 Å². The van der Waals surface area contributed by atoms with Gasteiger partial charge < -0.3 is 15.8 Å². The molecule has 0 bridgehead atoms. The molecule has 86 valence electrons. The Bertz CT molecular complexity index is 239. The summed E-state index contributed by atoms with van der Waals surface area (Å²) in [5.41, 5.74) is 5.13. The lowest BCUT2D eigenvalue weighted by Crippen LogP contribution is -2.45. The molecule has 5 heteroatoms. The predicted molar refractivity (Wildman–Crippen MR) is 57.1 cm³/mol. The molecule has 1 atom stereocenters. The number of rotatable bonds is 6. The summed E-state index contributed by atoms with van der Waals surface area (Å²) in [5.74, 6) is -0.290. The average Bonchev–Trinajstić information content (AvgIpc) is 2.12. The highest BCUT2D eigenvalue weighted by atomic mass is 16.5. The summed E-state index contributed by atoms with van der Waals surface area (Å²) in [4.78, 5) is 22.1. The van der Waals surface area contributed by atoms with Gasteiger partial charge >= 0.3 is 6.09 Å². The van der Waals surface area contributed by atoms with Crippen molar-refractivity contribution in [3.05, 3.63) is 12.7 Å². The Kier molecular flexibility index (Phi) is 6.17. The van der Waals surface area contributed by atoms with Gasteiger partial charge in [-0.05, 0) is 12.3 Å². The van der Waals surface area contributed by atoms with Gasteiger partial charge in [0.05, 0.1) is 0 Å². The summed E-state index contributed by atoms with van der Waals surface area (Å²) in [6.45, 7) is 7.38. The van der Waals surface area contributed by atoms with E-state index in [1.807, 2.05) is 13.8 Å². The molecule has 0 saturated heterocycles. The predicted octanol–water partition coefficient (Wildman–Crippen LogP) is 0.799. The Labute approximate surface area is 89.7 Å². The lowest BCUT2D eigenvalue weighted by Gasteiger charge is -2.16. The van der Waals surface area contributed by atoms with Crippen LogP contribution >= 0.6 is 0 Å². The molecule has 0 spiro atoms. The first-order valence-electron chi connectivity index (χ1n) is 4.80. The van der Waals surface area contributed by atoms with E-state index in [1.165, 1.54) is 6.08 Å². The molecule has 0 aromatic carbocycles. The van der Waals surface area contributed by atoms with Crippen molar-refractivity contribution < 1.29 is 14.3 Å². The Morgan fingerprint density at radius 2 is 2.13 bits per heavy atom. The first-order valence-corrected chi connectivity index (χ1v) is 4.80. The Morgan fingerprint density at radius 1 is 1.53 bits per heavy atom. The van der Waals surface area contributed by atoms with Crippen LogP contribution in [0.4, 0.5) is 4.79 Å². The fourth-order valence-corrected chi connectivity index (χ4v) is 1.04. The second-order valence-electron chi connectivity index (χ2n) is 3.62. The molecule has 5 nitrogen and oxygen atoms in total. The van der Waals surface area contributed by atoms with E-state index < -0.39 is 18.0 Å². The number of hydrogen-bond donors (Lipinski definition) is 2. The lowest BCUT2D eigenvalue weighted by atomic mass is 10.0. The second-order valence-corrected chi connectivity index (χ2v) is 3.62. The van der Waals surface area contributed by atoms with E-state index in [0.717, 1.165) is 0 Å². The summed E-state index contributed by atoms with van der Waals surface area (Å²) in [6.07, 6.45) is 1.29. The normalized spacial score (nSPS) is 11.9. The number of alkyl carbamates (subject to hydrolysis) is 1. The minimum Gasteiger partial charge on any atom is -0.445 e. The largest absolute Gasteiger partial charge is 0.445 e. The molecule has 0 aliphatic carbocycles. The summed E-state index contributed by atoms with van der Waals surface area (Å²) in [6, 6.07) is -0.678. The van der Waals surface area contributed by atoms with Gasteiger partial charge in [-0.3, -0.25) is 4.79 Å². The topological polar surface area (TPSA) is 81.4 Å². The molecule has 0 saturated carbocycles. The molecule has 2 amide bonds. The maximum atomic E-state index is 11.1. The fraction of sp³-hybridized carbons (Fsp3) is 0.600. The van der Waals surface area contributed by atoms with Crippen molar-refractivity contribution in [3.8, 4) is 0 Å².